The summed E-state index contributed by atoms with van der Waals surface area (Å²) in [4.78, 5) is 2.48. The minimum Gasteiger partial charge on any atom is -0.493 e. The van der Waals surface area contributed by atoms with Crippen molar-refractivity contribution in [3.8, 4) is 17.2 Å². The van der Waals surface area contributed by atoms with Gasteiger partial charge in [0.2, 0.25) is 12.5 Å². The summed E-state index contributed by atoms with van der Waals surface area (Å²) in [5, 5.41) is 3.39. The van der Waals surface area contributed by atoms with E-state index in [0.717, 1.165) is 44.1 Å². The van der Waals surface area contributed by atoms with E-state index < -0.39 is 0 Å². The van der Waals surface area contributed by atoms with Crippen molar-refractivity contribution in [3.05, 3.63) is 30.4 Å². The lowest BCUT2D eigenvalue weighted by Gasteiger charge is -2.35. The summed E-state index contributed by atoms with van der Waals surface area (Å²) in [6.07, 6.45) is 2.88. The minimum atomic E-state index is 0.259. The Hall–Kier alpha value is -1.72. The first kappa shape index (κ1) is 14.2. The van der Waals surface area contributed by atoms with Gasteiger partial charge in [0.15, 0.2) is 11.5 Å². The molecule has 0 aliphatic carbocycles. The molecule has 21 heavy (non-hydrogen) atoms. The van der Waals surface area contributed by atoms with Gasteiger partial charge in [-0.2, -0.15) is 0 Å². The zero-order chi connectivity index (χ0) is 14.7. The summed E-state index contributed by atoms with van der Waals surface area (Å²) in [5.74, 6) is 2.22. The van der Waals surface area contributed by atoms with Gasteiger partial charge >= 0.3 is 0 Å². The van der Waals surface area contributed by atoms with Crippen LogP contribution in [0, 0.1) is 0 Å². The molecule has 2 aliphatic rings. The first-order valence-electron chi connectivity index (χ1n) is 7.36. The molecule has 0 unspecified atom stereocenters. The van der Waals surface area contributed by atoms with Gasteiger partial charge in [-0.1, -0.05) is 6.08 Å². The maximum absolute atomic E-state index is 5.54. The highest BCUT2D eigenvalue weighted by molar-refractivity contribution is 5.55. The lowest BCUT2D eigenvalue weighted by atomic mass is 10.00. The molecule has 5 heteroatoms. The van der Waals surface area contributed by atoms with Gasteiger partial charge in [-0.05, 0) is 24.1 Å². The van der Waals surface area contributed by atoms with E-state index in [1.807, 2.05) is 6.08 Å². The number of hydrogen-bond acceptors (Lipinski definition) is 5. The second kappa shape index (κ2) is 6.37. The molecule has 1 atom stereocenters. The molecular formula is C16H22N2O3. The van der Waals surface area contributed by atoms with E-state index in [9.17, 15) is 0 Å². The average Bonchev–Trinajstić information content (AvgIpc) is 3.01. The number of methoxy groups -OCH3 is 1. The number of benzene rings is 1. The molecule has 0 amide bonds. The fourth-order valence-electron chi connectivity index (χ4n) is 2.99. The van der Waals surface area contributed by atoms with E-state index in [-0.39, 0.29) is 6.79 Å². The van der Waals surface area contributed by atoms with E-state index in [0.29, 0.717) is 11.8 Å². The Kier molecular flexibility index (Phi) is 4.31. The number of fused-ring (bicyclic) bond motifs is 1. The lowest BCUT2D eigenvalue weighted by Crippen LogP contribution is -2.45. The van der Waals surface area contributed by atoms with E-state index >= 15 is 0 Å². The predicted molar refractivity (Wildman–Crippen MR) is 81.1 cm³/mol. The monoisotopic (exact) mass is 290 g/mol. The van der Waals surface area contributed by atoms with Gasteiger partial charge in [0.25, 0.3) is 0 Å². The van der Waals surface area contributed by atoms with Crippen molar-refractivity contribution in [3.63, 3.8) is 0 Å². The van der Waals surface area contributed by atoms with Crippen LogP contribution in [0.25, 0.3) is 0 Å². The number of rotatable bonds is 5. The Morgan fingerprint density at radius 1 is 1.38 bits per heavy atom. The fourth-order valence-corrected chi connectivity index (χ4v) is 2.99. The van der Waals surface area contributed by atoms with Crippen molar-refractivity contribution in [2.45, 2.75) is 12.5 Å². The van der Waals surface area contributed by atoms with Crippen LogP contribution in [0.1, 0.15) is 18.0 Å². The van der Waals surface area contributed by atoms with Crippen LogP contribution in [0.5, 0.6) is 17.2 Å². The zero-order valence-electron chi connectivity index (χ0n) is 12.4. The SMILES string of the molecule is C=CC[C@@H](c1cc(OC)c2c(c1)OCO2)N1CCNCC1. The van der Waals surface area contributed by atoms with E-state index in [2.05, 4.69) is 28.9 Å². The summed E-state index contributed by atoms with van der Waals surface area (Å²) in [6.45, 7) is 8.29. The largest absolute Gasteiger partial charge is 0.493 e. The van der Waals surface area contributed by atoms with Crippen molar-refractivity contribution < 1.29 is 14.2 Å². The Labute approximate surface area is 125 Å². The van der Waals surface area contributed by atoms with Crippen LogP contribution in [-0.2, 0) is 0 Å². The van der Waals surface area contributed by atoms with Crippen LogP contribution < -0.4 is 19.5 Å². The third kappa shape index (κ3) is 2.84. The molecule has 0 bridgehead atoms. The molecule has 1 aromatic rings. The molecule has 1 N–H and O–H groups in total. The predicted octanol–water partition coefficient (Wildman–Crippen LogP) is 1.95. The minimum absolute atomic E-state index is 0.259. The van der Waals surface area contributed by atoms with Crippen LogP contribution >= 0.6 is 0 Å². The molecule has 0 spiro atoms. The highest BCUT2D eigenvalue weighted by atomic mass is 16.7. The first-order valence-corrected chi connectivity index (χ1v) is 7.36. The number of hydrogen-bond donors (Lipinski definition) is 1. The van der Waals surface area contributed by atoms with Crippen LogP contribution in [0.15, 0.2) is 24.8 Å². The number of ether oxygens (including phenoxy) is 3. The van der Waals surface area contributed by atoms with E-state index in [1.54, 1.807) is 7.11 Å². The summed E-state index contributed by atoms with van der Waals surface area (Å²) in [7, 11) is 1.66. The molecule has 2 heterocycles. The standard InChI is InChI=1S/C16H22N2O3/c1-3-4-13(18-7-5-17-6-8-18)12-9-14(19-2)16-15(10-12)20-11-21-16/h3,9-10,13,17H,1,4-8,11H2,2H3/t13-/m0/s1. The topological polar surface area (TPSA) is 43.0 Å². The fraction of sp³-hybridized carbons (Fsp3) is 0.500. The molecule has 2 aliphatic heterocycles. The second-order valence-corrected chi connectivity index (χ2v) is 5.28. The van der Waals surface area contributed by atoms with Crippen molar-refractivity contribution in [1.29, 1.82) is 0 Å². The molecule has 0 saturated carbocycles. The highest BCUT2D eigenvalue weighted by Crippen LogP contribution is 2.44. The van der Waals surface area contributed by atoms with Gasteiger partial charge in [0, 0.05) is 32.2 Å². The Bertz CT molecular complexity index is 512. The van der Waals surface area contributed by atoms with Crippen molar-refractivity contribution in [1.82, 2.24) is 10.2 Å². The molecule has 1 aromatic carbocycles. The Morgan fingerprint density at radius 3 is 2.90 bits per heavy atom. The number of piperazine rings is 1. The Morgan fingerprint density at radius 2 is 2.19 bits per heavy atom. The number of nitrogens with zero attached hydrogens (tertiary/aromatic N) is 1. The van der Waals surface area contributed by atoms with Crippen molar-refractivity contribution >= 4 is 0 Å². The van der Waals surface area contributed by atoms with Crippen LogP contribution in [0.2, 0.25) is 0 Å². The third-order valence-corrected chi connectivity index (χ3v) is 4.05. The van der Waals surface area contributed by atoms with Crippen LogP contribution in [-0.4, -0.2) is 45.0 Å². The van der Waals surface area contributed by atoms with Gasteiger partial charge in [-0.15, -0.1) is 6.58 Å². The van der Waals surface area contributed by atoms with Crippen molar-refractivity contribution in [2.75, 3.05) is 40.1 Å². The average molecular weight is 290 g/mol. The van der Waals surface area contributed by atoms with Gasteiger partial charge in [-0.3, -0.25) is 4.90 Å². The summed E-state index contributed by atoms with van der Waals surface area (Å²) in [6, 6.07) is 4.43. The van der Waals surface area contributed by atoms with Crippen LogP contribution in [0.3, 0.4) is 0 Å². The van der Waals surface area contributed by atoms with Gasteiger partial charge in [-0.25, -0.2) is 0 Å². The second-order valence-electron chi connectivity index (χ2n) is 5.28. The van der Waals surface area contributed by atoms with E-state index in [1.165, 1.54) is 5.56 Å². The number of nitrogens with one attached hydrogen (secondary N) is 1. The molecule has 5 nitrogen and oxygen atoms in total. The zero-order valence-corrected chi connectivity index (χ0v) is 12.4. The maximum Gasteiger partial charge on any atom is 0.231 e. The summed E-state index contributed by atoms with van der Waals surface area (Å²) in [5.41, 5.74) is 1.19. The molecule has 0 aromatic heterocycles. The van der Waals surface area contributed by atoms with E-state index in [4.69, 9.17) is 14.2 Å². The molecule has 1 fully saturated rings. The molecular weight excluding hydrogens is 268 g/mol. The van der Waals surface area contributed by atoms with Crippen LogP contribution in [0.4, 0.5) is 0 Å². The summed E-state index contributed by atoms with van der Waals surface area (Å²) >= 11 is 0. The van der Waals surface area contributed by atoms with Gasteiger partial charge in [0.05, 0.1) is 7.11 Å². The first-order chi connectivity index (χ1) is 10.3. The Balaban J connectivity index is 1.93. The summed E-state index contributed by atoms with van der Waals surface area (Å²) < 4.78 is 16.5. The van der Waals surface area contributed by atoms with Gasteiger partial charge < -0.3 is 19.5 Å². The molecule has 114 valence electrons. The normalized spacial score (nSPS) is 19.3. The van der Waals surface area contributed by atoms with Crippen molar-refractivity contribution in [2.24, 2.45) is 0 Å². The quantitative estimate of drug-likeness (QED) is 0.840. The maximum atomic E-state index is 5.54. The lowest BCUT2D eigenvalue weighted by molar-refractivity contribution is 0.170. The molecule has 0 radical (unpaired) electrons. The molecule has 1 saturated heterocycles. The smallest absolute Gasteiger partial charge is 0.231 e. The van der Waals surface area contributed by atoms with Gasteiger partial charge in [0.1, 0.15) is 0 Å². The third-order valence-electron chi connectivity index (χ3n) is 4.05. The molecule has 3 rings (SSSR count). The highest BCUT2D eigenvalue weighted by Gasteiger charge is 2.26.